The Hall–Kier alpha value is -1.75. The highest BCUT2D eigenvalue weighted by atomic mass is 19.1. The molecule has 1 aliphatic heterocycles. The summed E-state index contributed by atoms with van der Waals surface area (Å²) in [6.07, 6.45) is 2.74. The Morgan fingerprint density at radius 2 is 2.09 bits per heavy atom. The molecule has 4 nitrogen and oxygen atoms in total. The van der Waals surface area contributed by atoms with Gasteiger partial charge in [0.25, 0.3) is 0 Å². The van der Waals surface area contributed by atoms with Crippen molar-refractivity contribution in [1.29, 1.82) is 0 Å². The van der Waals surface area contributed by atoms with Crippen molar-refractivity contribution < 1.29 is 4.39 Å². The second-order valence-electron chi connectivity index (χ2n) is 5.95. The van der Waals surface area contributed by atoms with Gasteiger partial charge in [0, 0.05) is 25.0 Å². The van der Waals surface area contributed by atoms with E-state index in [2.05, 4.69) is 33.6 Å². The molecule has 22 heavy (non-hydrogen) atoms. The number of hydrogen-bond acceptors (Lipinski definition) is 4. The number of benzene rings is 1. The SMILES string of the molecule is CCN(CC)CC1CCN(c2ncnc3ccc(F)cc23)C1. The summed E-state index contributed by atoms with van der Waals surface area (Å²) >= 11 is 0. The van der Waals surface area contributed by atoms with E-state index in [4.69, 9.17) is 0 Å². The van der Waals surface area contributed by atoms with Crippen LogP contribution in [-0.4, -0.2) is 47.6 Å². The highest BCUT2D eigenvalue weighted by molar-refractivity contribution is 5.89. The van der Waals surface area contributed by atoms with Crippen LogP contribution in [0, 0.1) is 11.7 Å². The lowest BCUT2D eigenvalue weighted by molar-refractivity contribution is 0.261. The van der Waals surface area contributed by atoms with Gasteiger partial charge in [0.15, 0.2) is 0 Å². The summed E-state index contributed by atoms with van der Waals surface area (Å²) in [7, 11) is 0. The van der Waals surface area contributed by atoms with Gasteiger partial charge in [-0.25, -0.2) is 14.4 Å². The molecule has 0 bridgehead atoms. The van der Waals surface area contributed by atoms with Crippen molar-refractivity contribution >= 4 is 16.7 Å². The third kappa shape index (κ3) is 3.04. The Morgan fingerprint density at radius 3 is 2.86 bits per heavy atom. The quantitative estimate of drug-likeness (QED) is 0.850. The average Bonchev–Trinajstić information content (AvgIpc) is 3.00. The Balaban J connectivity index is 1.80. The topological polar surface area (TPSA) is 32.3 Å². The fourth-order valence-electron chi connectivity index (χ4n) is 3.29. The van der Waals surface area contributed by atoms with E-state index in [1.54, 1.807) is 18.5 Å². The van der Waals surface area contributed by atoms with Crippen LogP contribution in [0.5, 0.6) is 0 Å². The van der Waals surface area contributed by atoms with E-state index in [9.17, 15) is 4.39 Å². The van der Waals surface area contributed by atoms with Crippen LogP contribution in [0.15, 0.2) is 24.5 Å². The number of rotatable bonds is 5. The Morgan fingerprint density at radius 1 is 1.27 bits per heavy atom. The van der Waals surface area contributed by atoms with Crippen molar-refractivity contribution in [1.82, 2.24) is 14.9 Å². The Labute approximate surface area is 131 Å². The van der Waals surface area contributed by atoms with Gasteiger partial charge in [-0.15, -0.1) is 0 Å². The molecule has 0 spiro atoms. The molecule has 1 aromatic carbocycles. The number of hydrogen-bond donors (Lipinski definition) is 0. The summed E-state index contributed by atoms with van der Waals surface area (Å²) in [5.74, 6) is 1.28. The predicted molar refractivity (Wildman–Crippen MR) is 87.6 cm³/mol. The van der Waals surface area contributed by atoms with E-state index >= 15 is 0 Å². The summed E-state index contributed by atoms with van der Waals surface area (Å²) in [4.78, 5) is 13.4. The lowest BCUT2D eigenvalue weighted by Crippen LogP contribution is -2.31. The van der Waals surface area contributed by atoms with E-state index in [-0.39, 0.29) is 5.82 Å². The molecule has 0 N–H and O–H groups in total. The minimum atomic E-state index is -0.234. The molecule has 3 rings (SSSR count). The van der Waals surface area contributed by atoms with E-state index in [0.29, 0.717) is 5.92 Å². The molecule has 1 unspecified atom stereocenters. The normalized spacial score (nSPS) is 18.5. The molecule has 0 aliphatic carbocycles. The second kappa shape index (κ2) is 6.57. The van der Waals surface area contributed by atoms with E-state index < -0.39 is 0 Å². The van der Waals surface area contributed by atoms with Crippen molar-refractivity contribution in [2.24, 2.45) is 5.92 Å². The maximum atomic E-state index is 13.6. The Kier molecular flexibility index (Phi) is 4.52. The number of nitrogens with zero attached hydrogens (tertiary/aromatic N) is 4. The molecule has 1 atom stereocenters. The standard InChI is InChI=1S/C17H23FN4/c1-3-21(4-2)10-13-7-8-22(11-13)17-15-9-14(18)5-6-16(15)19-12-20-17/h5-6,9,12-13H,3-4,7-8,10-11H2,1-2H3. The lowest BCUT2D eigenvalue weighted by atomic mass is 10.1. The lowest BCUT2D eigenvalue weighted by Gasteiger charge is -2.23. The molecular weight excluding hydrogens is 279 g/mol. The van der Waals surface area contributed by atoms with Crippen LogP contribution in [0.25, 0.3) is 10.9 Å². The highest BCUT2D eigenvalue weighted by Crippen LogP contribution is 2.28. The fraction of sp³-hybridized carbons (Fsp3) is 0.529. The number of fused-ring (bicyclic) bond motifs is 1. The highest BCUT2D eigenvalue weighted by Gasteiger charge is 2.26. The van der Waals surface area contributed by atoms with Gasteiger partial charge in [-0.1, -0.05) is 13.8 Å². The van der Waals surface area contributed by atoms with Crippen LogP contribution in [0.1, 0.15) is 20.3 Å². The number of anilines is 1. The van der Waals surface area contributed by atoms with E-state index in [1.807, 2.05) is 0 Å². The van der Waals surface area contributed by atoms with Crippen molar-refractivity contribution in [3.8, 4) is 0 Å². The zero-order valence-corrected chi connectivity index (χ0v) is 13.3. The van der Waals surface area contributed by atoms with Gasteiger partial charge in [-0.2, -0.15) is 0 Å². The summed E-state index contributed by atoms with van der Waals surface area (Å²) in [6.45, 7) is 9.69. The van der Waals surface area contributed by atoms with E-state index in [0.717, 1.165) is 55.9 Å². The molecule has 0 radical (unpaired) electrons. The first-order chi connectivity index (χ1) is 10.7. The zero-order chi connectivity index (χ0) is 15.5. The molecular formula is C17H23FN4. The summed E-state index contributed by atoms with van der Waals surface area (Å²) in [5, 5.41) is 0.811. The van der Waals surface area contributed by atoms with Gasteiger partial charge in [-0.3, -0.25) is 0 Å². The molecule has 2 heterocycles. The maximum absolute atomic E-state index is 13.6. The van der Waals surface area contributed by atoms with Crippen LogP contribution in [0.2, 0.25) is 0 Å². The van der Waals surface area contributed by atoms with Gasteiger partial charge in [0.05, 0.1) is 5.52 Å². The molecule has 1 fully saturated rings. The van der Waals surface area contributed by atoms with Crippen LogP contribution >= 0.6 is 0 Å². The minimum Gasteiger partial charge on any atom is -0.356 e. The monoisotopic (exact) mass is 302 g/mol. The average molecular weight is 302 g/mol. The first kappa shape index (κ1) is 15.2. The summed E-state index contributed by atoms with van der Waals surface area (Å²) in [6, 6.07) is 4.72. The maximum Gasteiger partial charge on any atom is 0.139 e. The largest absolute Gasteiger partial charge is 0.356 e. The Bertz CT molecular complexity index is 642. The third-order valence-corrected chi connectivity index (χ3v) is 4.57. The molecule has 118 valence electrons. The molecule has 2 aromatic rings. The number of halogens is 1. The minimum absolute atomic E-state index is 0.234. The van der Waals surface area contributed by atoms with Gasteiger partial charge in [0.1, 0.15) is 18.0 Å². The van der Waals surface area contributed by atoms with Gasteiger partial charge in [-0.05, 0) is 43.6 Å². The van der Waals surface area contributed by atoms with Crippen LogP contribution in [0.4, 0.5) is 10.2 Å². The van der Waals surface area contributed by atoms with Gasteiger partial charge < -0.3 is 9.80 Å². The smallest absolute Gasteiger partial charge is 0.139 e. The summed E-state index contributed by atoms with van der Waals surface area (Å²) < 4.78 is 13.6. The molecule has 1 saturated heterocycles. The van der Waals surface area contributed by atoms with Gasteiger partial charge in [0.2, 0.25) is 0 Å². The molecule has 1 aromatic heterocycles. The van der Waals surface area contributed by atoms with Crippen LogP contribution in [0.3, 0.4) is 0 Å². The number of aromatic nitrogens is 2. The predicted octanol–water partition coefficient (Wildman–Crippen LogP) is 2.94. The third-order valence-electron chi connectivity index (χ3n) is 4.57. The summed E-state index contributed by atoms with van der Waals surface area (Å²) in [5.41, 5.74) is 0.804. The second-order valence-corrected chi connectivity index (χ2v) is 5.95. The van der Waals surface area contributed by atoms with Crippen LogP contribution in [-0.2, 0) is 0 Å². The van der Waals surface area contributed by atoms with Crippen molar-refractivity contribution in [2.75, 3.05) is 37.6 Å². The fourth-order valence-corrected chi connectivity index (χ4v) is 3.29. The van der Waals surface area contributed by atoms with Crippen molar-refractivity contribution in [2.45, 2.75) is 20.3 Å². The molecule has 1 aliphatic rings. The molecule has 5 heteroatoms. The van der Waals surface area contributed by atoms with E-state index in [1.165, 1.54) is 6.07 Å². The van der Waals surface area contributed by atoms with Crippen molar-refractivity contribution in [3.63, 3.8) is 0 Å². The zero-order valence-electron chi connectivity index (χ0n) is 13.3. The first-order valence-electron chi connectivity index (χ1n) is 8.08. The molecule has 0 saturated carbocycles. The van der Waals surface area contributed by atoms with Crippen LogP contribution < -0.4 is 4.90 Å². The molecule has 0 amide bonds. The van der Waals surface area contributed by atoms with Gasteiger partial charge >= 0.3 is 0 Å². The van der Waals surface area contributed by atoms with Crippen molar-refractivity contribution in [3.05, 3.63) is 30.3 Å². The first-order valence-corrected chi connectivity index (χ1v) is 8.08.